The van der Waals surface area contributed by atoms with Crippen LogP contribution in [0.25, 0.3) is 0 Å². The standard InChI is InChI=1S/C16H16BrF2NO/c1-10-13(17)7-5-8-14(10)20-11(2)12-6-3-4-9-15(12)21-16(18)19/h3-9,11,16,20H,1-2H3. The Morgan fingerprint density at radius 1 is 1.10 bits per heavy atom. The zero-order valence-electron chi connectivity index (χ0n) is 11.7. The summed E-state index contributed by atoms with van der Waals surface area (Å²) in [6.07, 6.45) is 0. The highest BCUT2D eigenvalue weighted by molar-refractivity contribution is 9.10. The van der Waals surface area contributed by atoms with E-state index in [4.69, 9.17) is 0 Å². The number of hydrogen-bond donors (Lipinski definition) is 1. The van der Waals surface area contributed by atoms with E-state index in [1.807, 2.05) is 32.0 Å². The van der Waals surface area contributed by atoms with E-state index in [1.54, 1.807) is 24.3 Å². The highest BCUT2D eigenvalue weighted by Crippen LogP contribution is 2.31. The number of para-hydroxylation sites is 1. The van der Waals surface area contributed by atoms with Crippen LogP contribution >= 0.6 is 15.9 Å². The topological polar surface area (TPSA) is 21.3 Å². The molecule has 0 saturated heterocycles. The molecule has 0 amide bonds. The molecular formula is C16H16BrF2NO. The van der Waals surface area contributed by atoms with Gasteiger partial charge in [-0.2, -0.15) is 8.78 Å². The van der Waals surface area contributed by atoms with Gasteiger partial charge in [-0.1, -0.05) is 40.2 Å². The summed E-state index contributed by atoms with van der Waals surface area (Å²) >= 11 is 3.48. The van der Waals surface area contributed by atoms with E-state index < -0.39 is 6.61 Å². The number of rotatable bonds is 5. The Morgan fingerprint density at radius 2 is 1.81 bits per heavy atom. The summed E-state index contributed by atoms with van der Waals surface area (Å²) in [5, 5.41) is 3.33. The fraction of sp³-hybridized carbons (Fsp3) is 0.250. The zero-order valence-corrected chi connectivity index (χ0v) is 13.3. The molecule has 0 heterocycles. The van der Waals surface area contributed by atoms with E-state index in [0.717, 1.165) is 15.7 Å². The third kappa shape index (κ3) is 3.94. The van der Waals surface area contributed by atoms with E-state index in [-0.39, 0.29) is 11.8 Å². The molecule has 0 radical (unpaired) electrons. The number of ether oxygens (including phenoxy) is 1. The lowest BCUT2D eigenvalue weighted by Crippen LogP contribution is -2.11. The molecule has 0 spiro atoms. The molecule has 1 atom stereocenters. The van der Waals surface area contributed by atoms with Crippen LogP contribution in [-0.2, 0) is 0 Å². The van der Waals surface area contributed by atoms with Crippen LogP contribution in [0.2, 0.25) is 0 Å². The van der Waals surface area contributed by atoms with Gasteiger partial charge in [0.1, 0.15) is 5.75 Å². The van der Waals surface area contributed by atoms with Crippen molar-refractivity contribution < 1.29 is 13.5 Å². The molecule has 2 rings (SSSR count). The molecule has 2 nitrogen and oxygen atoms in total. The van der Waals surface area contributed by atoms with Crippen molar-refractivity contribution >= 4 is 21.6 Å². The molecule has 1 N–H and O–H groups in total. The van der Waals surface area contributed by atoms with E-state index in [9.17, 15) is 8.78 Å². The predicted octanol–water partition coefficient (Wildman–Crippen LogP) is 5.53. The highest BCUT2D eigenvalue weighted by atomic mass is 79.9. The molecule has 0 fully saturated rings. The van der Waals surface area contributed by atoms with Gasteiger partial charge in [0.2, 0.25) is 0 Å². The number of halogens is 3. The predicted molar refractivity (Wildman–Crippen MR) is 84.0 cm³/mol. The molecule has 0 aliphatic rings. The second-order valence-electron chi connectivity index (χ2n) is 4.69. The Hall–Kier alpha value is -1.62. The van der Waals surface area contributed by atoms with Gasteiger partial charge in [0.05, 0.1) is 6.04 Å². The van der Waals surface area contributed by atoms with Gasteiger partial charge in [-0.3, -0.25) is 0 Å². The lowest BCUT2D eigenvalue weighted by Gasteiger charge is -2.20. The number of anilines is 1. The van der Waals surface area contributed by atoms with Crippen molar-refractivity contribution in [1.29, 1.82) is 0 Å². The minimum absolute atomic E-state index is 0.159. The van der Waals surface area contributed by atoms with Crippen molar-refractivity contribution in [2.24, 2.45) is 0 Å². The minimum atomic E-state index is -2.83. The van der Waals surface area contributed by atoms with Gasteiger partial charge in [0, 0.05) is 15.7 Å². The van der Waals surface area contributed by atoms with E-state index in [1.165, 1.54) is 0 Å². The molecule has 0 bridgehead atoms. The first-order valence-electron chi connectivity index (χ1n) is 6.54. The SMILES string of the molecule is Cc1c(Br)cccc1NC(C)c1ccccc1OC(F)F. The van der Waals surface area contributed by atoms with E-state index in [2.05, 4.69) is 26.0 Å². The van der Waals surface area contributed by atoms with Gasteiger partial charge in [-0.15, -0.1) is 0 Å². The smallest absolute Gasteiger partial charge is 0.387 e. The van der Waals surface area contributed by atoms with Crippen molar-refractivity contribution in [3.8, 4) is 5.75 Å². The lowest BCUT2D eigenvalue weighted by atomic mass is 10.1. The lowest BCUT2D eigenvalue weighted by molar-refractivity contribution is -0.0505. The quantitative estimate of drug-likeness (QED) is 0.760. The van der Waals surface area contributed by atoms with Crippen LogP contribution in [0.5, 0.6) is 5.75 Å². The van der Waals surface area contributed by atoms with Crippen molar-refractivity contribution in [3.05, 3.63) is 58.1 Å². The Balaban J connectivity index is 2.24. The second kappa shape index (κ2) is 6.89. The third-order valence-corrected chi connectivity index (χ3v) is 4.10. The molecule has 0 saturated carbocycles. The first-order chi connectivity index (χ1) is 9.99. The summed E-state index contributed by atoms with van der Waals surface area (Å²) in [5.74, 6) is 0.195. The maximum absolute atomic E-state index is 12.5. The van der Waals surface area contributed by atoms with Gasteiger partial charge in [-0.05, 0) is 37.6 Å². The Labute approximate surface area is 131 Å². The largest absolute Gasteiger partial charge is 0.434 e. The fourth-order valence-electron chi connectivity index (χ4n) is 2.12. The molecular weight excluding hydrogens is 340 g/mol. The number of hydrogen-bond acceptors (Lipinski definition) is 2. The van der Waals surface area contributed by atoms with Crippen molar-refractivity contribution in [2.75, 3.05) is 5.32 Å². The summed E-state index contributed by atoms with van der Waals surface area (Å²) in [5.41, 5.74) is 2.71. The molecule has 1 unspecified atom stereocenters. The van der Waals surface area contributed by atoms with Gasteiger partial charge in [0.25, 0.3) is 0 Å². The summed E-state index contributed by atoms with van der Waals surface area (Å²) < 4.78 is 30.5. The Kier molecular flexibility index (Phi) is 5.17. The average Bonchev–Trinajstić information content (AvgIpc) is 2.44. The van der Waals surface area contributed by atoms with Gasteiger partial charge >= 0.3 is 6.61 Å². The first-order valence-corrected chi connectivity index (χ1v) is 7.33. The number of nitrogens with one attached hydrogen (secondary N) is 1. The van der Waals surface area contributed by atoms with Crippen LogP contribution in [0.15, 0.2) is 46.9 Å². The third-order valence-electron chi connectivity index (χ3n) is 3.24. The number of alkyl halides is 2. The van der Waals surface area contributed by atoms with Gasteiger partial charge in [-0.25, -0.2) is 0 Å². The summed E-state index contributed by atoms with van der Waals surface area (Å²) in [6, 6.07) is 12.5. The van der Waals surface area contributed by atoms with Crippen LogP contribution in [0.3, 0.4) is 0 Å². The zero-order chi connectivity index (χ0) is 15.4. The summed E-state index contributed by atoms with van der Waals surface area (Å²) in [7, 11) is 0. The van der Waals surface area contributed by atoms with Crippen molar-refractivity contribution in [1.82, 2.24) is 0 Å². The summed E-state index contributed by atoms with van der Waals surface area (Å²) in [6.45, 7) is 1.07. The van der Waals surface area contributed by atoms with Gasteiger partial charge in [0.15, 0.2) is 0 Å². The molecule has 112 valence electrons. The normalized spacial score (nSPS) is 12.3. The fourth-order valence-corrected chi connectivity index (χ4v) is 2.48. The van der Waals surface area contributed by atoms with E-state index in [0.29, 0.717) is 5.56 Å². The minimum Gasteiger partial charge on any atom is -0.434 e. The maximum Gasteiger partial charge on any atom is 0.387 e. The average molecular weight is 356 g/mol. The molecule has 5 heteroatoms. The van der Waals surface area contributed by atoms with Crippen LogP contribution in [-0.4, -0.2) is 6.61 Å². The van der Waals surface area contributed by atoms with Crippen molar-refractivity contribution in [2.45, 2.75) is 26.5 Å². The Bertz CT molecular complexity index is 619. The molecule has 0 aromatic heterocycles. The summed E-state index contributed by atoms with van der Waals surface area (Å²) in [4.78, 5) is 0. The molecule has 2 aromatic carbocycles. The second-order valence-corrected chi connectivity index (χ2v) is 5.55. The van der Waals surface area contributed by atoms with E-state index >= 15 is 0 Å². The highest BCUT2D eigenvalue weighted by Gasteiger charge is 2.15. The number of benzene rings is 2. The van der Waals surface area contributed by atoms with Gasteiger partial charge < -0.3 is 10.1 Å². The van der Waals surface area contributed by atoms with Crippen LogP contribution in [0.4, 0.5) is 14.5 Å². The monoisotopic (exact) mass is 355 g/mol. The van der Waals surface area contributed by atoms with Crippen molar-refractivity contribution in [3.63, 3.8) is 0 Å². The Morgan fingerprint density at radius 3 is 2.52 bits per heavy atom. The maximum atomic E-state index is 12.5. The van der Waals surface area contributed by atoms with Crippen LogP contribution in [0, 0.1) is 6.92 Å². The first kappa shape index (κ1) is 15.8. The molecule has 2 aromatic rings. The molecule has 0 aliphatic heterocycles. The van der Waals surface area contributed by atoms with Crippen LogP contribution in [0.1, 0.15) is 24.1 Å². The molecule has 21 heavy (non-hydrogen) atoms. The van der Waals surface area contributed by atoms with Crippen LogP contribution < -0.4 is 10.1 Å². The molecule has 0 aliphatic carbocycles.